The molecule has 0 radical (unpaired) electrons. The van der Waals surface area contributed by atoms with Gasteiger partial charge in [0.1, 0.15) is 5.82 Å². The fourth-order valence-electron chi connectivity index (χ4n) is 4.97. The monoisotopic (exact) mass is 444 g/mol. The van der Waals surface area contributed by atoms with E-state index in [1.54, 1.807) is 23.5 Å². The fraction of sp³-hybridized carbons (Fsp3) is 0.280. The molecule has 1 saturated heterocycles. The number of nitrogens with zero attached hydrogens (tertiary/aromatic N) is 4. The van der Waals surface area contributed by atoms with Crippen molar-refractivity contribution in [3.05, 3.63) is 76.8 Å². The number of aromatic nitrogens is 3. The fourth-order valence-corrected chi connectivity index (χ4v) is 5.93. The molecular formula is C25H21FN4OS. The first-order valence-electron chi connectivity index (χ1n) is 10.9. The molecule has 4 aromatic rings. The van der Waals surface area contributed by atoms with Crippen LogP contribution in [0.25, 0.3) is 21.6 Å². The van der Waals surface area contributed by atoms with E-state index in [9.17, 15) is 9.18 Å². The van der Waals surface area contributed by atoms with Crippen LogP contribution in [0.5, 0.6) is 0 Å². The van der Waals surface area contributed by atoms with Gasteiger partial charge in [0, 0.05) is 42.6 Å². The zero-order chi connectivity index (χ0) is 21.7. The van der Waals surface area contributed by atoms with Gasteiger partial charge in [-0.05, 0) is 49.2 Å². The molecule has 2 bridgehead atoms. The van der Waals surface area contributed by atoms with Gasteiger partial charge in [-0.15, -0.1) is 11.3 Å². The van der Waals surface area contributed by atoms with Gasteiger partial charge in [-0.1, -0.05) is 12.1 Å². The van der Waals surface area contributed by atoms with Gasteiger partial charge in [0.05, 0.1) is 27.0 Å². The lowest BCUT2D eigenvalue weighted by molar-refractivity contribution is -0.134. The van der Waals surface area contributed by atoms with Crippen LogP contribution in [-0.4, -0.2) is 31.8 Å². The smallest absolute Gasteiger partial charge is 0.223 e. The predicted molar refractivity (Wildman–Crippen MR) is 122 cm³/mol. The molecule has 7 heteroatoms. The van der Waals surface area contributed by atoms with Crippen molar-refractivity contribution in [2.24, 2.45) is 0 Å². The lowest BCUT2D eigenvalue weighted by atomic mass is 9.98. The minimum Gasteiger partial charge on any atom is -0.332 e. The number of amides is 1. The van der Waals surface area contributed by atoms with Crippen molar-refractivity contribution in [1.29, 1.82) is 0 Å². The van der Waals surface area contributed by atoms with E-state index < -0.39 is 0 Å². The van der Waals surface area contributed by atoms with Crippen molar-refractivity contribution in [2.45, 2.75) is 44.2 Å². The van der Waals surface area contributed by atoms with Gasteiger partial charge in [0.2, 0.25) is 5.91 Å². The van der Waals surface area contributed by atoms with Gasteiger partial charge >= 0.3 is 0 Å². The Hall–Kier alpha value is -3.19. The highest BCUT2D eigenvalue weighted by molar-refractivity contribution is 7.18. The van der Waals surface area contributed by atoms with Crippen molar-refractivity contribution in [1.82, 2.24) is 19.9 Å². The molecule has 2 aliphatic rings. The molecular weight excluding hydrogens is 423 g/mol. The van der Waals surface area contributed by atoms with Crippen LogP contribution in [0.15, 0.2) is 54.7 Å². The van der Waals surface area contributed by atoms with Crippen molar-refractivity contribution < 1.29 is 9.18 Å². The van der Waals surface area contributed by atoms with E-state index in [4.69, 9.17) is 4.98 Å². The first-order chi connectivity index (χ1) is 15.7. The van der Waals surface area contributed by atoms with Crippen LogP contribution < -0.4 is 0 Å². The quantitative estimate of drug-likeness (QED) is 0.439. The van der Waals surface area contributed by atoms with E-state index in [0.29, 0.717) is 18.7 Å². The summed E-state index contributed by atoms with van der Waals surface area (Å²) in [5, 5.41) is 1.01. The number of benzene rings is 2. The largest absolute Gasteiger partial charge is 0.332 e. The molecule has 1 amide bonds. The average Bonchev–Trinajstić information content (AvgIpc) is 3.37. The van der Waals surface area contributed by atoms with Gasteiger partial charge in [-0.25, -0.2) is 19.3 Å². The molecule has 4 heterocycles. The average molecular weight is 445 g/mol. The molecule has 0 aliphatic carbocycles. The molecule has 6 rings (SSSR count). The molecule has 32 heavy (non-hydrogen) atoms. The van der Waals surface area contributed by atoms with Crippen molar-refractivity contribution in [3.63, 3.8) is 0 Å². The first kappa shape index (κ1) is 19.5. The minimum atomic E-state index is -0.273. The van der Waals surface area contributed by atoms with Crippen LogP contribution >= 0.6 is 11.3 Å². The Balaban J connectivity index is 1.20. The summed E-state index contributed by atoms with van der Waals surface area (Å²) in [5.41, 5.74) is 3.87. The van der Waals surface area contributed by atoms with E-state index in [0.717, 1.165) is 51.3 Å². The summed E-state index contributed by atoms with van der Waals surface area (Å²) in [5.74, 6) is 0.522. The number of carbonyl (C=O) groups excluding carboxylic acids is 1. The van der Waals surface area contributed by atoms with E-state index in [2.05, 4.69) is 20.9 Å². The SMILES string of the molecule is O=C(CCc1nc2ccccc2s1)N1C2CCC1c1cnc(-c3ccc(F)cc3)nc1C2. The minimum absolute atomic E-state index is 0.0499. The topological polar surface area (TPSA) is 59.0 Å². The van der Waals surface area contributed by atoms with Crippen LogP contribution in [-0.2, 0) is 17.6 Å². The van der Waals surface area contributed by atoms with Crippen molar-refractivity contribution >= 4 is 27.5 Å². The summed E-state index contributed by atoms with van der Waals surface area (Å²) < 4.78 is 14.4. The van der Waals surface area contributed by atoms with Gasteiger partial charge in [-0.3, -0.25) is 4.79 Å². The summed E-state index contributed by atoms with van der Waals surface area (Å²) in [6, 6.07) is 14.6. The second kappa shape index (κ2) is 7.74. The van der Waals surface area contributed by atoms with Crippen molar-refractivity contribution in [3.8, 4) is 11.4 Å². The normalized spacial score (nSPS) is 19.3. The number of rotatable bonds is 4. The lowest BCUT2D eigenvalue weighted by Crippen LogP contribution is -2.42. The van der Waals surface area contributed by atoms with Crippen molar-refractivity contribution in [2.75, 3.05) is 0 Å². The highest BCUT2D eigenvalue weighted by Gasteiger charge is 2.43. The number of para-hydroxylation sites is 1. The zero-order valence-electron chi connectivity index (χ0n) is 17.4. The first-order valence-corrected chi connectivity index (χ1v) is 11.7. The summed E-state index contributed by atoms with van der Waals surface area (Å²) >= 11 is 1.67. The second-order valence-corrected chi connectivity index (χ2v) is 9.55. The van der Waals surface area contributed by atoms with Crippen LogP contribution in [0.4, 0.5) is 4.39 Å². The Morgan fingerprint density at radius 3 is 2.78 bits per heavy atom. The molecule has 0 spiro atoms. The Bertz CT molecular complexity index is 1290. The summed E-state index contributed by atoms with van der Waals surface area (Å²) in [4.78, 5) is 29.3. The Labute approximate surface area is 189 Å². The Morgan fingerprint density at radius 1 is 1.09 bits per heavy atom. The number of hydrogen-bond donors (Lipinski definition) is 0. The molecule has 2 aromatic heterocycles. The van der Waals surface area contributed by atoms with Gasteiger partial charge in [0.25, 0.3) is 0 Å². The molecule has 0 N–H and O–H groups in total. The summed E-state index contributed by atoms with van der Waals surface area (Å²) in [7, 11) is 0. The highest BCUT2D eigenvalue weighted by atomic mass is 32.1. The van der Waals surface area contributed by atoms with Crippen LogP contribution in [0, 0.1) is 5.82 Å². The van der Waals surface area contributed by atoms with Gasteiger partial charge in [0.15, 0.2) is 5.82 Å². The maximum Gasteiger partial charge on any atom is 0.223 e. The maximum absolute atomic E-state index is 13.2. The molecule has 2 aliphatic heterocycles. The lowest BCUT2D eigenvalue weighted by Gasteiger charge is -2.35. The van der Waals surface area contributed by atoms with Crippen LogP contribution in [0.2, 0.25) is 0 Å². The third-order valence-corrected chi connectivity index (χ3v) is 7.57. The van der Waals surface area contributed by atoms with E-state index >= 15 is 0 Å². The number of fused-ring (bicyclic) bond motifs is 5. The van der Waals surface area contributed by atoms with E-state index in [1.807, 2.05) is 24.4 Å². The third kappa shape index (κ3) is 3.37. The maximum atomic E-state index is 13.2. The molecule has 1 fully saturated rings. The van der Waals surface area contributed by atoms with E-state index in [-0.39, 0.29) is 23.8 Å². The standard InChI is InChI=1S/C25H21FN4OS/c26-16-7-5-15(6-8-16)25-27-14-18-20(29-25)13-17-9-10-21(18)30(17)24(31)12-11-23-28-19-3-1-2-4-22(19)32-23/h1-8,14,17,21H,9-13H2. The second-order valence-electron chi connectivity index (χ2n) is 8.43. The molecule has 0 saturated carbocycles. The molecule has 2 atom stereocenters. The molecule has 160 valence electrons. The molecule has 2 unspecified atom stereocenters. The number of carbonyl (C=O) groups is 1. The Morgan fingerprint density at radius 2 is 1.94 bits per heavy atom. The Kier molecular flexibility index (Phi) is 4.72. The number of hydrogen-bond acceptors (Lipinski definition) is 5. The zero-order valence-corrected chi connectivity index (χ0v) is 18.2. The predicted octanol–water partition coefficient (Wildman–Crippen LogP) is 5.11. The highest BCUT2D eigenvalue weighted by Crippen LogP contribution is 2.43. The van der Waals surface area contributed by atoms with Crippen LogP contribution in [0.1, 0.15) is 41.6 Å². The number of halogens is 1. The third-order valence-electron chi connectivity index (χ3n) is 6.47. The number of aryl methyl sites for hydroxylation is 1. The molecule has 2 aromatic carbocycles. The summed E-state index contributed by atoms with van der Waals surface area (Å²) in [6.45, 7) is 0. The summed E-state index contributed by atoms with van der Waals surface area (Å²) in [6.07, 6.45) is 5.68. The molecule has 5 nitrogen and oxygen atoms in total. The number of thiazole rings is 1. The van der Waals surface area contributed by atoms with Crippen LogP contribution in [0.3, 0.4) is 0 Å². The van der Waals surface area contributed by atoms with Gasteiger partial charge < -0.3 is 4.90 Å². The van der Waals surface area contributed by atoms with E-state index in [1.165, 1.54) is 12.1 Å². The van der Waals surface area contributed by atoms with Gasteiger partial charge in [-0.2, -0.15) is 0 Å².